The second-order valence-electron chi connectivity index (χ2n) is 5.26. The lowest BCUT2D eigenvalue weighted by molar-refractivity contribution is 0.572. The van der Waals surface area contributed by atoms with E-state index in [1.807, 2.05) is 24.3 Å². The topological polar surface area (TPSA) is 72.2 Å². The van der Waals surface area contributed by atoms with Crippen LogP contribution in [0.3, 0.4) is 0 Å². The lowest BCUT2D eigenvalue weighted by Crippen LogP contribution is -2.26. The van der Waals surface area contributed by atoms with E-state index in [9.17, 15) is 8.42 Å². The van der Waals surface area contributed by atoms with Crippen LogP contribution < -0.4 is 10.5 Å². The van der Waals surface area contributed by atoms with Crippen molar-refractivity contribution in [3.8, 4) is 0 Å². The van der Waals surface area contributed by atoms with Gasteiger partial charge in [-0.2, -0.15) is 0 Å². The van der Waals surface area contributed by atoms with E-state index < -0.39 is 10.0 Å². The van der Waals surface area contributed by atoms with Gasteiger partial charge in [0.2, 0.25) is 10.0 Å². The van der Waals surface area contributed by atoms with Crippen molar-refractivity contribution in [1.29, 1.82) is 0 Å². The highest BCUT2D eigenvalue weighted by Gasteiger charge is 2.20. The summed E-state index contributed by atoms with van der Waals surface area (Å²) >= 11 is 0. The molecule has 1 saturated carbocycles. The van der Waals surface area contributed by atoms with E-state index in [0.717, 1.165) is 29.9 Å². The number of nitrogens with two attached hydrogens (primary N) is 1. The minimum atomic E-state index is -3.23. The highest BCUT2D eigenvalue weighted by atomic mass is 32.2. The van der Waals surface area contributed by atoms with Crippen molar-refractivity contribution < 1.29 is 8.42 Å². The number of nitrogens with one attached hydrogen (secondary N) is 1. The van der Waals surface area contributed by atoms with Gasteiger partial charge in [0.15, 0.2) is 0 Å². The molecule has 1 aromatic rings. The molecular formula is C14H22N2O2S. The van der Waals surface area contributed by atoms with E-state index in [2.05, 4.69) is 4.72 Å². The largest absolute Gasteiger partial charge is 0.326 e. The van der Waals surface area contributed by atoms with E-state index in [-0.39, 0.29) is 5.75 Å². The van der Waals surface area contributed by atoms with Crippen molar-refractivity contribution >= 4 is 10.0 Å². The number of rotatable bonds is 8. The molecule has 0 atom stereocenters. The van der Waals surface area contributed by atoms with Crippen LogP contribution in [-0.2, 0) is 22.3 Å². The molecule has 0 radical (unpaired) electrons. The molecule has 106 valence electrons. The lowest BCUT2D eigenvalue weighted by Gasteiger charge is -2.07. The van der Waals surface area contributed by atoms with Gasteiger partial charge in [-0.3, -0.25) is 0 Å². The average molecular weight is 282 g/mol. The first-order valence-electron chi connectivity index (χ1n) is 6.84. The van der Waals surface area contributed by atoms with Gasteiger partial charge in [0, 0.05) is 13.1 Å². The standard InChI is InChI=1S/C14H22N2O2S/c15-10-13-3-1-4-14(9-13)11-19(17,18)16-8-2-5-12-6-7-12/h1,3-4,9,12,16H,2,5-8,10-11,15H2. The lowest BCUT2D eigenvalue weighted by atomic mass is 10.1. The highest BCUT2D eigenvalue weighted by molar-refractivity contribution is 7.88. The van der Waals surface area contributed by atoms with Gasteiger partial charge in [0.25, 0.3) is 0 Å². The van der Waals surface area contributed by atoms with Crippen molar-refractivity contribution in [2.45, 2.75) is 38.0 Å². The highest BCUT2D eigenvalue weighted by Crippen LogP contribution is 2.33. The molecule has 4 nitrogen and oxygen atoms in total. The smallest absolute Gasteiger partial charge is 0.215 e. The molecule has 1 aliphatic rings. The maximum atomic E-state index is 11.9. The zero-order valence-electron chi connectivity index (χ0n) is 11.1. The molecule has 1 aliphatic carbocycles. The first kappa shape index (κ1) is 14.5. The molecule has 2 rings (SSSR count). The van der Waals surface area contributed by atoms with Gasteiger partial charge >= 0.3 is 0 Å². The zero-order chi connectivity index (χ0) is 13.7. The van der Waals surface area contributed by atoms with E-state index in [0.29, 0.717) is 13.1 Å². The predicted molar refractivity (Wildman–Crippen MR) is 76.9 cm³/mol. The van der Waals surface area contributed by atoms with Crippen molar-refractivity contribution in [3.05, 3.63) is 35.4 Å². The summed E-state index contributed by atoms with van der Waals surface area (Å²) in [7, 11) is -3.23. The molecule has 0 bridgehead atoms. The fraction of sp³-hybridized carbons (Fsp3) is 0.571. The Hall–Kier alpha value is -0.910. The summed E-state index contributed by atoms with van der Waals surface area (Å²) in [5.41, 5.74) is 7.30. The van der Waals surface area contributed by atoms with E-state index in [1.165, 1.54) is 12.8 Å². The van der Waals surface area contributed by atoms with Crippen molar-refractivity contribution in [2.24, 2.45) is 11.7 Å². The number of sulfonamides is 1. The molecule has 5 heteroatoms. The first-order chi connectivity index (χ1) is 9.09. The Kier molecular flexibility index (Phi) is 4.96. The predicted octanol–water partition coefficient (Wildman–Crippen LogP) is 1.75. The van der Waals surface area contributed by atoms with Crippen molar-refractivity contribution in [2.75, 3.05) is 6.54 Å². The van der Waals surface area contributed by atoms with Crippen LogP contribution in [0.4, 0.5) is 0 Å². The molecule has 0 aliphatic heterocycles. The van der Waals surface area contributed by atoms with Gasteiger partial charge in [-0.15, -0.1) is 0 Å². The van der Waals surface area contributed by atoms with E-state index in [4.69, 9.17) is 5.73 Å². The van der Waals surface area contributed by atoms with Crippen molar-refractivity contribution in [1.82, 2.24) is 4.72 Å². The van der Waals surface area contributed by atoms with Crippen LogP contribution in [-0.4, -0.2) is 15.0 Å². The third kappa shape index (κ3) is 5.30. The van der Waals surface area contributed by atoms with Gasteiger partial charge in [0.1, 0.15) is 0 Å². The molecule has 1 fully saturated rings. The molecule has 0 amide bonds. The second-order valence-corrected chi connectivity index (χ2v) is 7.07. The molecule has 0 heterocycles. The van der Waals surface area contributed by atoms with Crippen LogP contribution in [0.25, 0.3) is 0 Å². The second kappa shape index (κ2) is 6.50. The maximum Gasteiger partial charge on any atom is 0.215 e. The molecule has 1 aromatic carbocycles. The molecule has 19 heavy (non-hydrogen) atoms. The Balaban J connectivity index is 1.81. The Morgan fingerprint density at radius 3 is 2.68 bits per heavy atom. The van der Waals surface area contributed by atoms with Crippen LogP contribution >= 0.6 is 0 Å². The third-order valence-electron chi connectivity index (χ3n) is 3.39. The normalized spacial score (nSPS) is 15.6. The summed E-state index contributed by atoms with van der Waals surface area (Å²) in [4.78, 5) is 0. The summed E-state index contributed by atoms with van der Waals surface area (Å²) in [5.74, 6) is 0.885. The van der Waals surface area contributed by atoms with Gasteiger partial charge in [-0.25, -0.2) is 13.1 Å². The number of hydrogen-bond acceptors (Lipinski definition) is 3. The molecule has 0 unspecified atom stereocenters. The Morgan fingerprint density at radius 1 is 1.26 bits per heavy atom. The minimum Gasteiger partial charge on any atom is -0.326 e. The molecule has 0 aromatic heterocycles. The summed E-state index contributed by atoms with van der Waals surface area (Å²) in [6.45, 7) is 0.984. The van der Waals surface area contributed by atoms with E-state index in [1.54, 1.807) is 0 Å². The van der Waals surface area contributed by atoms with Gasteiger partial charge in [-0.1, -0.05) is 37.1 Å². The van der Waals surface area contributed by atoms with Crippen molar-refractivity contribution in [3.63, 3.8) is 0 Å². The van der Waals surface area contributed by atoms with Crippen LogP contribution in [0, 0.1) is 5.92 Å². The monoisotopic (exact) mass is 282 g/mol. The molecule has 0 saturated heterocycles. The number of benzene rings is 1. The summed E-state index contributed by atoms with van der Waals surface area (Å²) in [6, 6.07) is 7.42. The zero-order valence-corrected chi connectivity index (χ0v) is 12.0. The first-order valence-corrected chi connectivity index (χ1v) is 8.49. The fourth-order valence-corrected chi connectivity index (χ4v) is 3.32. The maximum absolute atomic E-state index is 11.9. The Morgan fingerprint density at radius 2 is 2.00 bits per heavy atom. The summed E-state index contributed by atoms with van der Waals surface area (Å²) in [5, 5.41) is 0. The molecular weight excluding hydrogens is 260 g/mol. The summed E-state index contributed by atoms with van der Waals surface area (Å²) in [6.07, 6.45) is 4.72. The quantitative estimate of drug-likeness (QED) is 0.714. The molecule has 0 spiro atoms. The Labute approximate surface area is 115 Å². The SMILES string of the molecule is NCc1cccc(CS(=O)(=O)NCCCC2CC2)c1. The molecule has 3 N–H and O–H groups in total. The van der Waals surface area contributed by atoms with Crippen LogP contribution in [0.15, 0.2) is 24.3 Å². The van der Waals surface area contributed by atoms with Crippen LogP contribution in [0.1, 0.15) is 36.8 Å². The average Bonchev–Trinajstić information content (AvgIpc) is 3.18. The third-order valence-corrected chi connectivity index (χ3v) is 4.75. The summed E-state index contributed by atoms with van der Waals surface area (Å²) < 4.78 is 26.5. The number of hydrogen-bond donors (Lipinski definition) is 2. The van der Waals surface area contributed by atoms with Crippen LogP contribution in [0.5, 0.6) is 0 Å². The van der Waals surface area contributed by atoms with Crippen LogP contribution in [0.2, 0.25) is 0 Å². The fourth-order valence-electron chi connectivity index (χ4n) is 2.14. The van der Waals surface area contributed by atoms with E-state index >= 15 is 0 Å². The van der Waals surface area contributed by atoms with Gasteiger partial charge in [-0.05, 0) is 29.9 Å². The Bertz CT molecular complexity index is 510. The minimum absolute atomic E-state index is 0.0320. The van der Waals surface area contributed by atoms with Gasteiger partial charge in [0.05, 0.1) is 5.75 Å². The van der Waals surface area contributed by atoms with Gasteiger partial charge < -0.3 is 5.73 Å².